The largest absolute Gasteiger partial charge is 0.351 e. The van der Waals surface area contributed by atoms with Gasteiger partial charge in [0.15, 0.2) is 0 Å². The van der Waals surface area contributed by atoms with Gasteiger partial charge in [0.2, 0.25) is 5.91 Å². The lowest BCUT2D eigenvalue weighted by atomic mass is 10.0. The summed E-state index contributed by atoms with van der Waals surface area (Å²) in [7, 11) is 0. The summed E-state index contributed by atoms with van der Waals surface area (Å²) in [6.07, 6.45) is 0.938. The molecule has 1 aliphatic heterocycles. The molecule has 0 spiro atoms. The Hall–Kier alpha value is -0.850. The number of carbonyl (C=O) groups is 1. The number of nitrogens with one attached hydrogen (secondary N) is 1. The minimum atomic E-state index is 0. The maximum Gasteiger partial charge on any atom is 0.234 e. The first-order chi connectivity index (χ1) is 11.6. The Kier molecular flexibility index (Phi) is 12.9. The van der Waals surface area contributed by atoms with Crippen LogP contribution in [-0.2, 0) is 11.3 Å². The third kappa shape index (κ3) is 9.19. The number of halogens is 2. The van der Waals surface area contributed by atoms with Gasteiger partial charge in [-0.05, 0) is 17.9 Å². The molecule has 3 N–H and O–H groups in total. The van der Waals surface area contributed by atoms with Gasteiger partial charge in [-0.1, -0.05) is 44.2 Å². The van der Waals surface area contributed by atoms with Crippen LogP contribution in [-0.4, -0.2) is 61.0 Å². The molecule has 1 atom stereocenters. The second-order valence-corrected chi connectivity index (χ2v) is 7.17. The SMILES string of the molecule is CC(C)CC(CN)NC(=O)CN1CCN(Cc2ccccc2)CC1.Cl.Cl. The van der Waals surface area contributed by atoms with Gasteiger partial charge in [-0.2, -0.15) is 0 Å². The zero-order valence-corrected chi connectivity index (χ0v) is 17.5. The second-order valence-electron chi connectivity index (χ2n) is 7.17. The molecular formula is C19H34Cl2N4O. The summed E-state index contributed by atoms with van der Waals surface area (Å²) >= 11 is 0. The molecule has 26 heavy (non-hydrogen) atoms. The number of nitrogens with zero attached hydrogens (tertiary/aromatic N) is 2. The number of rotatable bonds is 8. The number of piperazine rings is 1. The first kappa shape index (κ1) is 25.1. The van der Waals surface area contributed by atoms with E-state index in [4.69, 9.17) is 5.73 Å². The summed E-state index contributed by atoms with van der Waals surface area (Å²) in [5.74, 6) is 0.642. The van der Waals surface area contributed by atoms with Crippen molar-refractivity contribution in [2.75, 3.05) is 39.3 Å². The molecule has 1 heterocycles. The average molecular weight is 405 g/mol. The Morgan fingerprint density at radius 2 is 1.65 bits per heavy atom. The van der Waals surface area contributed by atoms with Gasteiger partial charge in [-0.3, -0.25) is 14.6 Å². The highest BCUT2D eigenvalue weighted by Crippen LogP contribution is 2.08. The summed E-state index contributed by atoms with van der Waals surface area (Å²) in [4.78, 5) is 16.9. The number of amides is 1. The third-order valence-electron chi connectivity index (χ3n) is 4.49. The van der Waals surface area contributed by atoms with E-state index < -0.39 is 0 Å². The standard InChI is InChI=1S/C19H32N4O.2ClH/c1-16(2)12-18(13-20)21-19(24)15-23-10-8-22(9-11-23)14-17-6-4-3-5-7-17;;/h3-7,16,18H,8-15,20H2,1-2H3,(H,21,24);2*1H. The lowest BCUT2D eigenvalue weighted by molar-refractivity contribution is -0.123. The summed E-state index contributed by atoms with van der Waals surface area (Å²) in [5.41, 5.74) is 7.11. The molecule has 0 radical (unpaired) electrons. The molecule has 2 rings (SSSR count). The molecule has 1 amide bonds. The molecule has 1 aromatic carbocycles. The van der Waals surface area contributed by atoms with Crippen molar-refractivity contribution in [3.63, 3.8) is 0 Å². The predicted octanol–water partition coefficient (Wildman–Crippen LogP) is 2.14. The van der Waals surface area contributed by atoms with E-state index in [1.54, 1.807) is 0 Å². The number of carbonyl (C=O) groups excluding carboxylic acids is 1. The van der Waals surface area contributed by atoms with Crippen molar-refractivity contribution in [3.05, 3.63) is 35.9 Å². The van der Waals surface area contributed by atoms with E-state index in [1.807, 2.05) is 6.07 Å². The van der Waals surface area contributed by atoms with Gasteiger partial charge in [0.1, 0.15) is 0 Å². The molecule has 1 unspecified atom stereocenters. The Morgan fingerprint density at radius 3 is 2.19 bits per heavy atom. The number of nitrogens with two attached hydrogens (primary N) is 1. The van der Waals surface area contributed by atoms with Crippen molar-refractivity contribution in [1.82, 2.24) is 15.1 Å². The quantitative estimate of drug-likeness (QED) is 0.696. The van der Waals surface area contributed by atoms with Gasteiger partial charge in [0.05, 0.1) is 6.54 Å². The fourth-order valence-corrected chi connectivity index (χ4v) is 3.21. The van der Waals surface area contributed by atoms with Crippen molar-refractivity contribution in [3.8, 4) is 0 Å². The Morgan fingerprint density at radius 1 is 1.08 bits per heavy atom. The van der Waals surface area contributed by atoms with E-state index in [2.05, 4.69) is 53.2 Å². The normalized spacial score (nSPS) is 16.5. The Labute approximate surface area is 170 Å². The molecule has 0 aliphatic carbocycles. The third-order valence-corrected chi connectivity index (χ3v) is 4.49. The topological polar surface area (TPSA) is 61.6 Å². The van der Waals surface area contributed by atoms with Crippen LogP contribution in [0.15, 0.2) is 30.3 Å². The summed E-state index contributed by atoms with van der Waals surface area (Å²) in [6, 6.07) is 10.6. The average Bonchev–Trinajstić information content (AvgIpc) is 2.56. The first-order valence-corrected chi connectivity index (χ1v) is 9.05. The number of hydrogen-bond donors (Lipinski definition) is 2. The Bertz CT molecular complexity index is 494. The van der Waals surface area contributed by atoms with Gasteiger partial charge in [-0.15, -0.1) is 24.8 Å². The van der Waals surface area contributed by atoms with E-state index in [0.717, 1.165) is 39.1 Å². The molecule has 0 aromatic heterocycles. The lowest BCUT2D eigenvalue weighted by Crippen LogP contribution is -2.51. The fourth-order valence-electron chi connectivity index (χ4n) is 3.21. The minimum Gasteiger partial charge on any atom is -0.351 e. The molecule has 1 saturated heterocycles. The molecule has 0 bridgehead atoms. The smallest absolute Gasteiger partial charge is 0.234 e. The highest BCUT2D eigenvalue weighted by atomic mass is 35.5. The van der Waals surface area contributed by atoms with E-state index in [0.29, 0.717) is 19.0 Å². The number of benzene rings is 1. The first-order valence-electron chi connectivity index (χ1n) is 9.05. The van der Waals surface area contributed by atoms with Gasteiger partial charge < -0.3 is 11.1 Å². The van der Waals surface area contributed by atoms with Gasteiger partial charge in [0.25, 0.3) is 0 Å². The monoisotopic (exact) mass is 404 g/mol. The Balaban J connectivity index is 0.00000312. The van der Waals surface area contributed by atoms with Gasteiger partial charge >= 0.3 is 0 Å². The zero-order chi connectivity index (χ0) is 17.4. The summed E-state index contributed by atoms with van der Waals surface area (Å²) in [5, 5.41) is 3.08. The van der Waals surface area contributed by atoms with Crippen LogP contribution in [0, 0.1) is 5.92 Å². The minimum absolute atomic E-state index is 0. The van der Waals surface area contributed by atoms with E-state index >= 15 is 0 Å². The molecule has 1 aliphatic rings. The highest BCUT2D eigenvalue weighted by molar-refractivity contribution is 5.85. The zero-order valence-electron chi connectivity index (χ0n) is 15.9. The van der Waals surface area contributed by atoms with Crippen molar-refractivity contribution < 1.29 is 4.79 Å². The molecular weight excluding hydrogens is 371 g/mol. The highest BCUT2D eigenvalue weighted by Gasteiger charge is 2.20. The van der Waals surface area contributed by atoms with Gasteiger partial charge in [0, 0.05) is 45.3 Å². The van der Waals surface area contributed by atoms with Crippen molar-refractivity contribution in [2.45, 2.75) is 32.9 Å². The molecule has 5 nitrogen and oxygen atoms in total. The molecule has 0 saturated carbocycles. The molecule has 150 valence electrons. The summed E-state index contributed by atoms with van der Waals surface area (Å²) in [6.45, 7) is 10.2. The van der Waals surface area contributed by atoms with Gasteiger partial charge in [-0.25, -0.2) is 0 Å². The van der Waals surface area contributed by atoms with Crippen molar-refractivity contribution in [2.24, 2.45) is 11.7 Å². The maximum atomic E-state index is 12.2. The maximum absolute atomic E-state index is 12.2. The molecule has 7 heteroatoms. The molecule has 1 fully saturated rings. The van der Waals surface area contributed by atoms with Crippen LogP contribution in [0.1, 0.15) is 25.8 Å². The van der Waals surface area contributed by atoms with E-state index in [-0.39, 0.29) is 36.8 Å². The van der Waals surface area contributed by atoms with Crippen LogP contribution in [0.3, 0.4) is 0 Å². The van der Waals surface area contributed by atoms with Crippen LogP contribution in [0.25, 0.3) is 0 Å². The van der Waals surface area contributed by atoms with Crippen LogP contribution in [0.2, 0.25) is 0 Å². The van der Waals surface area contributed by atoms with Crippen LogP contribution in [0.4, 0.5) is 0 Å². The predicted molar refractivity (Wildman–Crippen MR) is 113 cm³/mol. The van der Waals surface area contributed by atoms with Crippen molar-refractivity contribution in [1.29, 1.82) is 0 Å². The van der Waals surface area contributed by atoms with Crippen LogP contribution < -0.4 is 11.1 Å². The summed E-state index contributed by atoms with van der Waals surface area (Å²) < 4.78 is 0. The number of hydrogen-bond acceptors (Lipinski definition) is 4. The fraction of sp³-hybridized carbons (Fsp3) is 0.632. The van der Waals surface area contributed by atoms with Crippen LogP contribution >= 0.6 is 24.8 Å². The molecule has 1 aromatic rings. The van der Waals surface area contributed by atoms with Crippen LogP contribution in [0.5, 0.6) is 0 Å². The van der Waals surface area contributed by atoms with E-state index in [1.165, 1.54) is 5.56 Å². The van der Waals surface area contributed by atoms with Crippen molar-refractivity contribution >= 4 is 30.7 Å². The lowest BCUT2D eigenvalue weighted by Gasteiger charge is -2.34. The second kappa shape index (κ2) is 13.3. The van der Waals surface area contributed by atoms with E-state index in [9.17, 15) is 4.79 Å².